The summed E-state index contributed by atoms with van der Waals surface area (Å²) >= 11 is 0. The number of primary amides is 1. The van der Waals surface area contributed by atoms with Crippen molar-refractivity contribution >= 4 is 29.2 Å². The van der Waals surface area contributed by atoms with E-state index in [0.717, 1.165) is 19.3 Å². The van der Waals surface area contributed by atoms with Crippen LogP contribution < -0.4 is 5.73 Å². The van der Waals surface area contributed by atoms with Crippen molar-refractivity contribution in [2.45, 2.75) is 106 Å². The summed E-state index contributed by atoms with van der Waals surface area (Å²) in [5.74, 6) is -2.58. The number of nitrogens with two attached hydrogens (primary N) is 1. The Morgan fingerprint density at radius 1 is 0.973 bits per heavy atom. The Morgan fingerprint density at radius 3 is 2.03 bits per heavy atom. The Kier molecular flexibility index (Phi) is 8.18. The number of nitrogens with zero attached hydrogens (tertiary/aromatic N) is 1. The van der Waals surface area contributed by atoms with Crippen LogP contribution in [0, 0.1) is 45.8 Å². The van der Waals surface area contributed by atoms with E-state index >= 15 is 0 Å². The zero-order valence-electron chi connectivity index (χ0n) is 24.2. The monoisotopic (exact) mass is 516 g/mol. The lowest BCUT2D eigenvalue weighted by Gasteiger charge is -2.38. The lowest BCUT2D eigenvalue weighted by molar-refractivity contribution is -0.148. The molecule has 37 heavy (non-hydrogen) atoms. The van der Waals surface area contributed by atoms with Crippen LogP contribution in [0.25, 0.3) is 0 Å². The molecule has 3 rings (SSSR count). The van der Waals surface area contributed by atoms with E-state index in [1.165, 1.54) is 0 Å². The molecule has 0 radical (unpaired) electrons. The van der Waals surface area contributed by atoms with Crippen LogP contribution in [0.1, 0.15) is 100 Å². The Hall–Kier alpha value is -2.05. The first kappa shape index (κ1) is 29.5. The molecule has 7 nitrogen and oxygen atoms in total. The Balaban J connectivity index is 1.83. The summed E-state index contributed by atoms with van der Waals surface area (Å²) in [6.07, 6.45) is 4.08. The van der Waals surface area contributed by atoms with Crippen molar-refractivity contribution < 1.29 is 24.0 Å². The van der Waals surface area contributed by atoms with Gasteiger partial charge in [-0.05, 0) is 40.4 Å². The van der Waals surface area contributed by atoms with Crippen molar-refractivity contribution in [3.63, 3.8) is 0 Å². The van der Waals surface area contributed by atoms with E-state index in [0.29, 0.717) is 25.3 Å². The van der Waals surface area contributed by atoms with Gasteiger partial charge in [-0.3, -0.25) is 24.0 Å². The molecule has 2 saturated carbocycles. The predicted molar refractivity (Wildman–Crippen MR) is 142 cm³/mol. The van der Waals surface area contributed by atoms with E-state index in [2.05, 4.69) is 13.8 Å². The number of rotatable bonds is 11. The quantitative estimate of drug-likeness (QED) is 0.410. The maximum atomic E-state index is 14.0. The van der Waals surface area contributed by atoms with Gasteiger partial charge in [0, 0.05) is 37.6 Å². The molecule has 0 aromatic carbocycles. The largest absolute Gasteiger partial charge is 0.363 e. The van der Waals surface area contributed by atoms with E-state index in [-0.39, 0.29) is 53.0 Å². The van der Waals surface area contributed by atoms with Crippen molar-refractivity contribution in [2.24, 2.45) is 51.6 Å². The molecule has 1 aliphatic heterocycles. The van der Waals surface area contributed by atoms with Crippen molar-refractivity contribution in [3.8, 4) is 0 Å². The highest BCUT2D eigenvalue weighted by Crippen LogP contribution is 2.65. The fourth-order valence-corrected chi connectivity index (χ4v) is 6.72. The second-order valence-electron chi connectivity index (χ2n) is 14.9. The average molecular weight is 517 g/mol. The second-order valence-corrected chi connectivity index (χ2v) is 14.9. The summed E-state index contributed by atoms with van der Waals surface area (Å²) in [6, 6.07) is -0.625. The van der Waals surface area contributed by atoms with Crippen LogP contribution in [0.2, 0.25) is 0 Å². The molecule has 208 valence electrons. The highest BCUT2D eigenvalue weighted by Gasteiger charge is 2.69. The summed E-state index contributed by atoms with van der Waals surface area (Å²) in [6.45, 7) is 16.7. The average Bonchev–Trinajstić information content (AvgIpc) is 3.06. The van der Waals surface area contributed by atoms with Crippen LogP contribution in [0.15, 0.2) is 0 Å². The van der Waals surface area contributed by atoms with Crippen molar-refractivity contribution in [1.29, 1.82) is 0 Å². The molecule has 3 fully saturated rings. The molecule has 1 heterocycles. The third kappa shape index (κ3) is 6.51. The first-order valence-corrected chi connectivity index (χ1v) is 14.0. The highest BCUT2D eigenvalue weighted by atomic mass is 16.2. The van der Waals surface area contributed by atoms with Crippen LogP contribution >= 0.6 is 0 Å². The second kappa shape index (κ2) is 10.3. The summed E-state index contributed by atoms with van der Waals surface area (Å²) in [5.41, 5.74) is 4.66. The molecular weight excluding hydrogens is 468 g/mol. The normalized spacial score (nSPS) is 26.6. The lowest BCUT2D eigenvalue weighted by atomic mass is 9.74. The number of fused-ring (bicyclic) bond motifs is 1. The molecule has 5 atom stereocenters. The van der Waals surface area contributed by atoms with Crippen molar-refractivity contribution in [3.05, 3.63) is 0 Å². The highest BCUT2D eigenvalue weighted by molar-refractivity contribution is 6.36. The van der Waals surface area contributed by atoms with E-state index < -0.39 is 35.0 Å². The smallest absolute Gasteiger partial charge is 0.285 e. The Morgan fingerprint density at radius 2 is 1.57 bits per heavy atom. The topological polar surface area (TPSA) is 115 Å². The number of hydrogen-bond donors (Lipinski definition) is 1. The first-order valence-electron chi connectivity index (χ1n) is 14.0. The Bertz CT molecular complexity index is 950. The summed E-state index contributed by atoms with van der Waals surface area (Å²) in [5, 5.41) is 0. The molecule has 1 saturated heterocycles. The number of carbonyl (C=O) groups is 5. The minimum Gasteiger partial charge on any atom is -0.363 e. The van der Waals surface area contributed by atoms with E-state index in [1.807, 2.05) is 41.5 Å². The van der Waals surface area contributed by atoms with Gasteiger partial charge in [-0.25, -0.2) is 0 Å². The van der Waals surface area contributed by atoms with Gasteiger partial charge in [-0.1, -0.05) is 74.7 Å². The van der Waals surface area contributed by atoms with Gasteiger partial charge in [0.05, 0.1) is 6.04 Å². The van der Waals surface area contributed by atoms with E-state index in [4.69, 9.17) is 5.73 Å². The number of piperidine rings is 1. The minimum absolute atomic E-state index is 0.0304. The van der Waals surface area contributed by atoms with Crippen LogP contribution in [0.4, 0.5) is 0 Å². The summed E-state index contributed by atoms with van der Waals surface area (Å²) in [4.78, 5) is 66.9. The maximum absolute atomic E-state index is 14.0. The SMILES string of the molecule is CC(C)(C)CC(=O)C[C@H](C(=O)N1CC2C([C@H]1C(=O)CC(CC1CCC1)C(=O)C(N)=O)C2(C)C)C(C)(C)C. The number of carbonyl (C=O) groups excluding carboxylic acids is 5. The molecule has 0 bridgehead atoms. The van der Waals surface area contributed by atoms with Gasteiger partial charge in [0.2, 0.25) is 11.7 Å². The van der Waals surface area contributed by atoms with Crippen LogP contribution in [-0.4, -0.2) is 46.7 Å². The number of amides is 2. The molecule has 7 heteroatoms. The molecule has 0 aromatic heterocycles. The third-order valence-electron chi connectivity index (χ3n) is 9.23. The number of Topliss-reactive ketones (excluding diaryl/α,β-unsaturated/α-hetero) is 3. The van der Waals surface area contributed by atoms with Gasteiger partial charge in [-0.15, -0.1) is 0 Å². The zero-order chi connectivity index (χ0) is 28.1. The molecule has 0 aromatic rings. The molecule has 2 amide bonds. The Labute approximate surface area is 222 Å². The van der Waals surface area contributed by atoms with E-state index in [9.17, 15) is 24.0 Å². The molecule has 3 aliphatic rings. The maximum Gasteiger partial charge on any atom is 0.285 e. The van der Waals surface area contributed by atoms with Gasteiger partial charge in [0.15, 0.2) is 5.78 Å². The van der Waals surface area contributed by atoms with Crippen molar-refractivity contribution in [1.82, 2.24) is 4.90 Å². The third-order valence-corrected chi connectivity index (χ3v) is 9.23. The van der Waals surface area contributed by atoms with Crippen LogP contribution in [0.5, 0.6) is 0 Å². The standard InChI is InChI=1S/C30H48N2O5/c1-28(2,3)15-19(33)14-20(29(4,5)6)27(37)32-16-21-23(30(21,7)8)24(32)22(34)13-18(25(35)26(31)36)12-17-10-9-11-17/h17-18,20-21,23-24H,9-16H2,1-8H3,(H2,31,36)/t18?,20-,21?,23?,24-/m1/s1. The molecular formula is C30H48N2O5. The lowest BCUT2D eigenvalue weighted by Crippen LogP contribution is -2.51. The van der Waals surface area contributed by atoms with Gasteiger partial charge >= 0.3 is 0 Å². The number of ketones is 3. The summed E-state index contributed by atoms with van der Waals surface area (Å²) < 4.78 is 0. The van der Waals surface area contributed by atoms with Gasteiger partial charge in [0.1, 0.15) is 5.78 Å². The minimum atomic E-state index is -0.994. The van der Waals surface area contributed by atoms with Gasteiger partial charge in [0.25, 0.3) is 5.91 Å². The number of likely N-dealkylation sites (tertiary alicyclic amines) is 1. The first-order chi connectivity index (χ1) is 16.8. The van der Waals surface area contributed by atoms with Gasteiger partial charge < -0.3 is 10.6 Å². The zero-order valence-corrected chi connectivity index (χ0v) is 24.2. The van der Waals surface area contributed by atoms with Crippen LogP contribution in [0.3, 0.4) is 0 Å². The number of hydrogen-bond acceptors (Lipinski definition) is 5. The summed E-state index contributed by atoms with van der Waals surface area (Å²) in [7, 11) is 0. The molecule has 2 N–H and O–H groups in total. The van der Waals surface area contributed by atoms with Crippen molar-refractivity contribution in [2.75, 3.05) is 6.54 Å². The van der Waals surface area contributed by atoms with Gasteiger partial charge in [-0.2, -0.15) is 0 Å². The van der Waals surface area contributed by atoms with Crippen LogP contribution in [-0.2, 0) is 24.0 Å². The molecule has 3 unspecified atom stereocenters. The van der Waals surface area contributed by atoms with E-state index in [1.54, 1.807) is 4.90 Å². The predicted octanol–water partition coefficient (Wildman–Crippen LogP) is 4.35. The molecule has 2 aliphatic carbocycles. The molecule has 0 spiro atoms. The fourth-order valence-electron chi connectivity index (χ4n) is 6.72. The fraction of sp³-hybridized carbons (Fsp3) is 0.833.